The van der Waals surface area contributed by atoms with Crippen molar-refractivity contribution >= 4 is 40.2 Å². The summed E-state index contributed by atoms with van der Waals surface area (Å²) in [4.78, 5) is 12.4. The normalized spacial score (nSPS) is 10.1. The molecule has 2 aromatic rings. The minimum absolute atomic E-state index is 0.777. The van der Waals surface area contributed by atoms with Crippen molar-refractivity contribution < 1.29 is 4.79 Å². The lowest BCUT2D eigenvalue weighted by atomic mass is 10.2. The fraction of sp³-hybridized carbons (Fsp3) is 0. The van der Waals surface area contributed by atoms with Crippen LogP contribution in [0.2, 0.25) is 0 Å². The summed E-state index contributed by atoms with van der Waals surface area (Å²) in [6, 6.07) is 12.1. The third-order valence-corrected chi connectivity index (χ3v) is 3.58. The molecule has 14 heavy (non-hydrogen) atoms. The van der Waals surface area contributed by atoms with Crippen molar-refractivity contribution in [3.63, 3.8) is 0 Å². The standard InChI is InChI=1S/C11H7IOS/c12-9-3-1-2-8(6-9)11-5-4-10(7-13)14-11/h1-7H. The zero-order valence-electron chi connectivity index (χ0n) is 7.24. The Labute approximate surface area is 99.9 Å². The molecule has 0 saturated heterocycles. The molecule has 1 aromatic carbocycles. The lowest BCUT2D eigenvalue weighted by Crippen LogP contribution is -1.73. The summed E-state index contributed by atoms with van der Waals surface area (Å²) in [5, 5.41) is 0. The Morgan fingerprint density at radius 2 is 2.07 bits per heavy atom. The van der Waals surface area contributed by atoms with Crippen molar-refractivity contribution in [3.05, 3.63) is 44.8 Å². The van der Waals surface area contributed by atoms with Gasteiger partial charge in [-0.2, -0.15) is 0 Å². The summed E-state index contributed by atoms with van der Waals surface area (Å²) in [5.41, 5.74) is 1.18. The lowest BCUT2D eigenvalue weighted by Gasteiger charge is -1.96. The van der Waals surface area contributed by atoms with Gasteiger partial charge in [-0.25, -0.2) is 0 Å². The molecule has 0 radical (unpaired) electrons. The summed E-state index contributed by atoms with van der Waals surface area (Å²) in [6.45, 7) is 0. The SMILES string of the molecule is O=Cc1ccc(-c2cccc(I)c2)s1. The van der Waals surface area contributed by atoms with Crippen LogP contribution >= 0.6 is 33.9 Å². The Bertz CT molecular complexity index is 462. The molecule has 0 aliphatic carbocycles. The predicted molar refractivity (Wildman–Crippen MR) is 67.9 cm³/mol. The van der Waals surface area contributed by atoms with E-state index in [4.69, 9.17) is 0 Å². The average molecular weight is 314 g/mol. The number of hydrogen-bond donors (Lipinski definition) is 0. The van der Waals surface area contributed by atoms with E-state index >= 15 is 0 Å². The van der Waals surface area contributed by atoms with Gasteiger partial charge in [-0.3, -0.25) is 4.79 Å². The second-order valence-corrected chi connectivity index (χ2v) is 5.19. The summed E-state index contributed by atoms with van der Waals surface area (Å²) < 4.78 is 1.21. The molecule has 0 unspecified atom stereocenters. The quantitative estimate of drug-likeness (QED) is 0.608. The number of rotatable bonds is 2. The second-order valence-electron chi connectivity index (χ2n) is 2.83. The van der Waals surface area contributed by atoms with E-state index in [2.05, 4.69) is 40.8 Å². The highest BCUT2D eigenvalue weighted by atomic mass is 127. The van der Waals surface area contributed by atoms with E-state index in [9.17, 15) is 4.79 Å². The van der Waals surface area contributed by atoms with Crippen molar-refractivity contribution in [2.75, 3.05) is 0 Å². The van der Waals surface area contributed by atoms with E-state index in [1.54, 1.807) is 0 Å². The van der Waals surface area contributed by atoms with Crippen LogP contribution in [0.15, 0.2) is 36.4 Å². The molecule has 0 N–H and O–H groups in total. The molecule has 1 heterocycles. The zero-order chi connectivity index (χ0) is 9.97. The van der Waals surface area contributed by atoms with Crippen LogP contribution in [0, 0.1) is 3.57 Å². The second kappa shape index (κ2) is 4.23. The Morgan fingerprint density at radius 1 is 1.21 bits per heavy atom. The van der Waals surface area contributed by atoms with Crippen molar-refractivity contribution in [3.8, 4) is 10.4 Å². The molecule has 0 aliphatic heterocycles. The van der Waals surface area contributed by atoms with Crippen LogP contribution in [0.25, 0.3) is 10.4 Å². The van der Waals surface area contributed by atoms with Crippen LogP contribution in [-0.2, 0) is 0 Å². The van der Waals surface area contributed by atoms with E-state index in [1.807, 2.05) is 18.2 Å². The lowest BCUT2D eigenvalue weighted by molar-refractivity contribution is 0.112. The minimum atomic E-state index is 0.777. The molecule has 0 fully saturated rings. The molecule has 0 amide bonds. The number of thiophene rings is 1. The van der Waals surface area contributed by atoms with E-state index < -0.39 is 0 Å². The van der Waals surface area contributed by atoms with Gasteiger partial charge >= 0.3 is 0 Å². The molecular weight excluding hydrogens is 307 g/mol. The molecule has 0 spiro atoms. The maximum absolute atomic E-state index is 10.5. The Kier molecular flexibility index (Phi) is 2.98. The fourth-order valence-corrected chi connectivity index (χ4v) is 2.58. The number of carbonyl (C=O) groups excluding carboxylic acids is 1. The van der Waals surface area contributed by atoms with Gasteiger partial charge in [0.1, 0.15) is 0 Å². The minimum Gasteiger partial charge on any atom is -0.297 e. The van der Waals surface area contributed by atoms with Gasteiger partial charge < -0.3 is 0 Å². The first-order valence-electron chi connectivity index (χ1n) is 4.10. The van der Waals surface area contributed by atoms with Crippen LogP contribution < -0.4 is 0 Å². The van der Waals surface area contributed by atoms with Crippen molar-refractivity contribution in [2.24, 2.45) is 0 Å². The third kappa shape index (κ3) is 2.04. The summed E-state index contributed by atoms with van der Waals surface area (Å²) in [6.07, 6.45) is 0.891. The number of carbonyl (C=O) groups is 1. The summed E-state index contributed by atoms with van der Waals surface area (Å²) in [7, 11) is 0. The fourth-order valence-electron chi connectivity index (χ4n) is 1.21. The van der Waals surface area contributed by atoms with Crippen molar-refractivity contribution in [2.45, 2.75) is 0 Å². The van der Waals surface area contributed by atoms with E-state index in [1.165, 1.54) is 20.5 Å². The molecule has 2 rings (SSSR count). The molecule has 0 bridgehead atoms. The third-order valence-electron chi connectivity index (χ3n) is 1.85. The highest BCUT2D eigenvalue weighted by Crippen LogP contribution is 2.28. The maximum atomic E-state index is 10.5. The van der Waals surface area contributed by atoms with E-state index in [0.717, 1.165) is 16.0 Å². The van der Waals surface area contributed by atoms with Crippen LogP contribution in [0.5, 0.6) is 0 Å². The van der Waals surface area contributed by atoms with Gasteiger partial charge in [0, 0.05) is 8.45 Å². The number of aldehydes is 1. The predicted octanol–water partition coefficient (Wildman–Crippen LogP) is 3.83. The van der Waals surface area contributed by atoms with Gasteiger partial charge in [0.2, 0.25) is 0 Å². The smallest absolute Gasteiger partial charge is 0.160 e. The topological polar surface area (TPSA) is 17.1 Å². The van der Waals surface area contributed by atoms with Gasteiger partial charge in [-0.15, -0.1) is 11.3 Å². The molecule has 0 aliphatic rings. The van der Waals surface area contributed by atoms with Gasteiger partial charge in [-0.05, 0) is 52.4 Å². The number of halogens is 1. The summed E-state index contributed by atoms with van der Waals surface area (Å²) in [5.74, 6) is 0. The first-order chi connectivity index (χ1) is 6.79. The first kappa shape index (κ1) is 9.86. The Morgan fingerprint density at radius 3 is 2.71 bits per heavy atom. The number of benzene rings is 1. The van der Waals surface area contributed by atoms with Crippen LogP contribution in [0.4, 0.5) is 0 Å². The van der Waals surface area contributed by atoms with E-state index in [0.29, 0.717) is 0 Å². The largest absolute Gasteiger partial charge is 0.297 e. The van der Waals surface area contributed by atoms with Gasteiger partial charge in [-0.1, -0.05) is 12.1 Å². The molecule has 70 valence electrons. The molecular formula is C11H7IOS. The van der Waals surface area contributed by atoms with Gasteiger partial charge in [0.25, 0.3) is 0 Å². The van der Waals surface area contributed by atoms with Crippen LogP contribution in [0.1, 0.15) is 9.67 Å². The first-order valence-corrected chi connectivity index (χ1v) is 6.00. The maximum Gasteiger partial charge on any atom is 0.160 e. The molecule has 1 aromatic heterocycles. The Hall–Kier alpha value is -0.680. The van der Waals surface area contributed by atoms with Crippen LogP contribution in [-0.4, -0.2) is 6.29 Å². The van der Waals surface area contributed by atoms with E-state index in [-0.39, 0.29) is 0 Å². The monoisotopic (exact) mass is 314 g/mol. The van der Waals surface area contributed by atoms with Gasteiger partial charge in [0.15, 0.2) is 6.29 Å². The molecule has 3 heteroatoms. The zero-order valence-corrected chi connectivity index (χ0v) is 10.2. The highest BCUT2D eigenvalue weighted by Gasteiger charge is 2.01. The number of hydrogen-bond acceptors (Lipinski definition) is 2. The Balaban J connectivity index is 2.43. The van der Waals surface area contributed by atoms with Gasteiger partial charge in [0.05, 0.1) is 4.88 Å². The molecule has 0 saturated carbocycles. The molecule has 1 nitrogen and oxygen atoms in total. The van der Waals surface area contributed by atoms with Crippen molar-refractivity contribution in [1.82, 2.24) is 0 Å². The van der Waals surface area contributed by atoms with Crippen molar-refractivity contribution in [1.29, 1.82) is 0 Å². The highest BCUT2D eigenvalue weighted by molar-refractivity contribution is 14.1. The average Bonchev–Trinajstić information content (AvgIpc) is 2.66. The molecule has 0 atom stereocenters. The summed E-state index contributed by atoms with van der Waals surface area (Å²) >= 11 is 3.81. The van der Waals surface area contributed by atoms with Crippen LogP contribution in [0.3, 0.4) is 0 Å².